The molecule has 0 spiro atoms. The zero-order chi connectivity index (χ0) is 28.0. The molecule has 6 rings (SSSR count). The minimum atomic E-state index is -0.118. The number of phenolic OH excluding ortho intramolecular Hbond substituents is 2. The fourth-order valence-electron chi connectivity index (χ4n) is 6.29. The molecule has 0 amide bonds. The van der Waals surface area contributed by atoms with E-state index in [9.17, 15) is 10.2 Å². The average molecular weight is 552 g/mol. The maximum absolute atomic E-state index is 10.3. The van der Waals surface area contributed by atoms with Gasteiger partial charge in [0.15, 0.2) is 0 Å². The molecule has 2 saturated heterocycles. The number of benzene rings is 4. The summed E-state index contributed by atoms with van der Waals surface area (Å²) < 4.78 is 6.16. The number of aromatic hydroxyl groups is 2. The zero-order valence-electron chi connectivity index (χ0n) is 23.8. The van der Waals surface area contributed by atoms with Crippen LogP contribution in [0.3, 0.4) is 0 Å². The van der Waals surface area contributed by atoms with Crippen LogP contribution in [0, 0.1) is 0 Å². The second-order valence-electron chi connectivity index (χ2n) is 11.4. The van der Waals surface area contributed by atoms with E-state index >= 15 is 0 Å². The summed E-state index contributed by atoms with van der Waals surface area (Å²) in [4.78, 5) is 2.50. The second-order valence-corrected chi connectivity index (χ2v) is 11.4. The number of hydrazine groups is 1. The van der Waals surface area contributed by atoms with Crippen molar-refractivity contribution in [1.29, 1.82) is 0 Å². The molecule has 0 radical (unpaired) electrons. The van der Waals surface area contributed by atoms with Crippen molar-refractivity contribution in [2.24, 2.45) is 0 Å². The summed E-state index contributed by atoms with van der Waals surface area (Å²) in [7, 11) is 0. The van der Waals surface area contributed by atoms with Gasteiger partial charge in [-0.15, -0.1) is 0 Å². The van der Waals surface area contributed by atoms with Crippen molar-refractivity contribution in [2.75, 3.05) is 39.3 Å². The van der Waals surface area contributed by atoms with Crippen molar-refractivity contribution >= 4 is 10.8 Å². The monoisotopic (exact) mass is 551 g/mol. The number of hydrogen-bond donors (Lipinski definition) is 3. The molecular weight excluding hydrogens is 510 g/mol. The molecule has 0 bridgehead atoms. The number of nitrogens with zero attached hydrogens (tertiary/aromatic N) is 2. The third-order valence-electron chi connectivity index (χ3n) is 8.52. The molecule has 4 aromatic rings. The highest BCUT2D eigenvalue weighted by atomic mass is 16.5. The van der Waals surface area contributed by atoms with Crippen molar-refractivity contribution in [3.8, 4) is 28.4 Å². The molecule has 0 aromatic heterocycles. The van der Waals surface area contributed by atoms with Crippen LogP contribution < -0.4 is 10.2 Å². The molecule has 1 atom stereocenters. The number of hydrogen-bond acceptors (Lipinski definition) is 6. The van der Waals surface area contributed by atoms with Crippen LogP contribution in [0.1, 0.15) is 55.7 Å². The Hall–Kier alpha value is -3.58. The average Bonchev–Trinajstić information content (AvgIpc) is 3.01. The van der Waals surface area contributed by atoms with Gasteiger partial charge in [0.25, 0.3) is 0 Å². The highest BCUT2D eigenvalue weighted by Crippen LogP contribution is 2.39. The van der Waals surface area contributed by atoms with Crippen molar-refractivity contribution in [1.82, 2.24) is 15.3 Å². The minimum Gasteiger partial charge on any atom is -0.508 e. The molecule has 2 aliphatic heterocycles. The van der Waals surface area contributed by atoms with E-state index in [1.165, 1.54) is 51.6 Å². The highest BCUT2D eigenvalue weighted by Gasteiger charge is 2.25. The van der Waals surface area contributed by atoms with Crippen LogP contribution in [0.15, 0.2) is 78.9 Å². The van der Waals surface area contributed by atoms with Gasteiger partial charge in [0, 0.05) is 19.6 Å². The lowest BCUT2D eigenvalue weighted by Gasteiger charge is -2.34. The third-order valence-corrected chi connectivity index (χ3v) is 8.52. The maximum atomic E-state index is 10.3. The summed E-state index contributed by atoms with van der Waals surface area (Å²) >= 11 is 0. The smallest absolute Gasteiger partial charge is 0.119 e. The van der Waals surface area contributed by atoms with Gasteiger partial charge in [0.05, 0.1) is 6.04 Å². The second kappa shape index (κ2) is 12.9. The number of rotatable bonds is 9. The Balaban J connectivity index is 1.36. The van der Waals surface area contributed by atoms with Crippen LogP contribution in [-0.2, 0) is 0 Å². The summed E-state index contributed by atoms with van der Waals surface area (Å²) in [6, 6.07) is 25.7. The normalized spacial score (nSPS) is 17.5. The standard InChI is InChI=1S/C35H41N3O3/c39-29-12-7-26(8-13-29)32-17-11-28-25-30(40)14-18-33(28)34(32)35(36-38-21-5-2-6-22-38)27-9-15-31(16-10-27)41-24-23-37-19-3-1-4-20-37/h7-18,25,35-36,39-40H,1-6,19-24H2. The molecule has 1 unspecified atom stereocenters. The van der Waals surface area contributed by atoms with Gasteiger partial charge in [-0.2, -0.15) is 0 Å². The van der Waals surface area contributed by atoms with Crippen molar-refractivity contribution < 1.29 is 14.9 Å². The predicted octanol–water partition coefficient (Wildman–Crippen LogP) is 6.86. The molecular formula is C35H41N3O3. The van der Waals surface area contributed by atoms with Crippen molar-refractivity contribution in [2.45, 2.75) is 44.6 Å². The summed E-state index contributed by atoms with van der Waals surface area (Å²) in [6.07, 6.45) is 7.55. The molecule has 214 valence electrons. The van der Waals surface area contributed by atoms with Crippen LogP contribution in [0.5, 0.6) is 17.2 Å². The Morgan fingerprint density at radius 1 is 0.707 bits per heavy atom. The van der Waals surface area contributed by atoms with Gasteiger partial charge in [-0.3, -0.25) is 4.90 Å². The lowest BCUT2D eigenvalue weighted by Crippen LogP contribution is -2.44. The molecule has 4 aromatic carbocycles. The molecule has 0 saturated carbocycles. The van der Waals surface area contributed by atoms with Gasteiger partial charge in [-0.05, 0) is 108 Å². The molecule has 2 fully saturated rings. The van der Waals surface area contributed by atoms with E-state index in [-0.39, 0.29) is 17.5 Å². The van der Waals surface area contributed by atoms with E-state index in [0.29, 0.717) is 6.61 Å². The van der Waals surface area contributed by atoms with Crippen LogP contribution in [0.4, 0.5) is 0 Å². The summed E-state index contributed by atoms with van der Waals surface area (Å²) in [5.41, 5.74) is 8.33. The molecule has 6 nitrogen and oxygen atoms in total. The maximum Gasteiger partial charge on any atom is 0.119 e. The van der Waals surface area contributed by atoms with Gasteiger partial charge in [-0.1, -0.05) is 55.3 Å². The Kier molecular flexibility index (Phi) is 8.71. The van der Waals surface area contributed by atoms with Crippen molar-refractivity contribution in [3.05, 3.63) is 90.0 Å². The Morgan fingerprint density at radius 3 is 2.12 bits per heavy atom. The molecule has 6 heteroatoms. The van der Waals surface area contributed by atoms with Crippen LogP contribution in [0.2, 0.25) is 0 Å². The summed E-state index contributed by atoms with van der Waals surface area (Å²) in [5.74, 6) is 1.40. The van der Waals surface area contributed by atoms with E-state index in [2.05, 4.69) is 51.7 Å². The number of piperidine rings is 2. The van der Waals surface area contributed by atoms with Gasteiger partial charge >= 0.3 is 0 Å². The van der Waals surface area contributed by atoms with Gasteiger partial charge < -0.3 is 14.9 Å². The van der Waals surface area contributed by atoms with Crippen LogP contribution in [0.25, 0.3) is 21.9 Å². The van der Waals surface area contributed by atoms with Crippen LogP contribution >= 0.6 is 0 Å². The molecule has 0 aliphatic carbocycles. The fraction of sp³-hybridized carbons (Fsp3) is 0.371. The van der Waals surface area contributed by atoms with Crippen molar-refractivity contribution in [3.63, 3.8) is 0 Å². The zero-order valence-corrected chi connectivity index (χ0v) is 23.8. The highest BCUT2D eigenvalue weighted by molar-refractivity contribution is 5.93. The lowest BCUT2D eigenvalue weighted by molar-refractivity contribution is 0.138. The first kappa shape index (κ1) is 27.6. The quantitative estimate of drug-likeness (QED) is 0.211. The number of nitrogens with one attached hydrogen (secondary N) is 1. The first-order chi connectivity index (χ1) is 20.1. The molecule has 41 heavy (non-hydrogen) atoms. The first-order valence-corrected chi connectivity index (χ1v) is 15.2. The minimum absolute atomic E-state index is 0.118. The number of ether oxygens (including phenoxy) is 1. The van der Waals surface area contributed by atoms with E-state index in [1.807, 2.05) is 24.3 Å². The summed E-state index contributed by atoms with van der Waals surface area (Å²) in [5, 5.41) is 24.7. The van der Waals surface area contributed by atoms with Crippen LogP contribution in [-0.4, -0.2) is 59.5 Å². The Bertz CT molecular complexity index is 1430. The lowest BCUT2D eigenvalue weighted by atomic mass is 9.87. The first-order valence-electron chi connectivity index (χ1n) is 15.2. The molecule has 3 N–H and O–H groups in total. The van der Waals surface area contributed by atoms with E-state index in [0.717, 1.165) is 58.4 Å². The van der Waals surface area contributed by atoms with E-state index < -0.39 is 0 Å². The Morgan fingerprint density at radius 2 is 1.39 bits per heavy atom. The summed E-state index contributed by atoms with van der Waals surface area (Å²) in [6.45, 7) is 6.05. The third kappa shape index (κ3) is 6.67. The largest absolute Gasteiger partial charge is 0.508 e. The van der Waals surface area contributed by atoms with Gasteiger partial charge in [-0.25, -0.2) is 10.4 Å². The fourth-order valence-corrected chi connectivity index (χ4v) is 6.29. The number of fused-ring (bicyclic) bond motifs is 1. The molecule has 2 aliphatic rings. The van der Waals surface area contributed by atoms with Gasteiger partial charge in [0.2, 0.25) is 0 Å². The SMILES string of the molecule is Oc1ccc(-c2ccc3cc(O)ccc3c2C(NN2CCCCC2)c2ccc(OCCN3CCCCC3)cc2)cc1. The Labute approximate surface area is 243 Å². The van der Waals surface area contributed by atoms with E-state index in [4.69, 9.17) is 4.74 Å². The topological polar surface area (TPSA) is 68.2 Å². The van der Waals surface area contributed by atoms with Gasteiger partial charge in [0.1, 0.15) is 23.9 Å². The molecule has 2 heterocycles. The van der Waals surface area contributed by atoms with E-state index in [1.54, 1.807) is 18.2 Å². The number of likely N-dealkylation sites (tertiary alicyclic amines) is 1. The number of phenols is 2. The predicted molar refractivity (Wildman–Crippen MR) is 165 cm³/mol.